The molecule has 1 N–H and O–H groups in total. The molecule has 0 bridgehead atoms. The zero-order valence-corrected chi connectivity index (χ0v) is 22.7. The summed E-state index contributed by atoms with van der Waals surface area (Å²) < 4.78 is 26.0. The first-order valence-corrected chi connectivity index (χ1v) is 13.6. The summed E-state index contributed by atoms with van der Waals surface area (Å²) in [5, 5.41) is 3.83. The van der Waals surface area contributed by atoms with Gasteiger partial charge in [-0.1, -0.05) is 59.4 Å². The van der Waals surface area contributed by atoms with Gasteiger partial charge in [-0.3, -0.25) is 13.9 Å². The summed E-state index contributed by atoms with van der Waals surface area (Å²) in [5.74, 6) is -1.02. The monoisotopic (exact) mass is 567 g/mol. The highest BCUT2D eigenvalue weighted by molar-refractivity contribution is 7.92. The van der Waals surface area contributed by atoms with Crippen LogP contribution in [0.1, 0.15) is 25.8 Å². The molecule has 0 unspecified atom stereocenters. The van der Waals surface area contributed by atoms with Gasteiger partial charge < -0.3 is 10.2 Å². The fraction of sp³-hybridized carbons (Fsp3) is 0.364. The zero-order chi connectivity index (χ0) is 25.6. The molecule has 0 aliphatic heterocycles. The number of hydrogen-bond donors (Lipinski definition) is 1. The minimum absolute atomic E-state index is 0.0452. The van der Waals surface area contributed by atoms with Gasteiger partial charge in [-0.25, -0.2) is 8.42 Å². The van der Waals surface area contributed by atoms with Gasteiger partial charge in [0.2, 0.25) is 21.8 Å². The summed E-state index contributed by atoms with van der Waals surface area (Å²) in [7, 11) is -3.93. The number of sulfonamides is 1. The molecule has 1 atom stereocenters. The lowest BCUT2D eigenvalue weighted by molar-refractivity contribution is -0.139. The van der Waals surface area contributed by atoms with E-state index in [1.165, 1.54) is 29.2 Å². The van der Waals surface area contributed by atoms with Crippen molar-refractivity contribution in [3.05, 3.63) is 62.1 Å². The molecule has 0 spiro atoms. The van der Waals surface area contributed by atoms with E-state index in [1.54, 1.807) is 19.1 Å². The summed E-state index contributed by atoms with van der Waals surface area (Å²) in [6.45, 7) is 3.25. The molecule has 2 rings (SSSR count). The van der Waals surface area contributed by atoms with Gasteiger partial charge in [-0.15, -0.1) is 0 Å². The van der Waals surface area contributed by atoms with Crippen LogP contribution in [0.25, 0.3) is 0 Å². The van der Waals surface area contributed by atoms with Gasteiger partial charge in [-0.05, 0) is 49.2 Å². The third-order valence-corrected chi connectivity index (χ3v) is 7.20. The summed E-state index contributed by atoms with van der Waals surface area (Å²) in [6.07, 6.45) is 1.67. The number of nitrogens with zero attached hydrogens (tertiary/aromatic N) is 2. The number of nitrogens with one attached hydrogen (secondary N) is 1. The van der Waals surface area contributed by atoms with E-state index in [0.29, 0.717) is 28.6 Å². The first kappa shape index (κ1) is 28.5. The second-order valence-corrected chi connectivity index (χ2v) is 11.2. The van der Waals surface area contributed by atoms with Gasteiger partial charge >= 0.3 is 0 Å². The molecule has 7 nitrogen and oxygen atoms in total. The normalized spacial score (nSPS) is 12.2. The summed E-state index contributed by atoms with van der Waals surface area (Å²) >= 11 is 24.5. The van der Waals surface area contributed by atoms with Crippen LogP contribution in [0, 0.1) is 0 Å². The fourth-order valence-electron chi connectivity index (χ4n) is 3.08. The number of hydrogen-bond acceptors (Lipinski definition) is 4. The average Bonchev–Trinajstić information content (AvgIpc) is 2.75. The molecule has 0 heterocycles. The maximum atomic E-state index is 13.5. The number of carbonyl (C=O) groups is 2. The molecule has 0 saturated carbocycles. The Morgan fingerprint density at radius 3 is 2.21 bits per heavy atom. The minimum Gasteiger partial charge on any atom is -0.354 e. The van der Waals surface area contributed by atoms with Crippen molar-refractivity contribution in [2.45, 2.75) is 32.9 Å². The molecular weight excluding hydrogens is 544 g/mol. The Balaban J connectivity index is 2.45. The number of anilines is 1. The van der Waals surface area contributed by atoms with Gasteiger partial charge in [0.05, 0.1) is 17.0 Å². The second-order valence-electron chi connectivity index (χ2n) is 7.59. The van der Waals surface area contributed by atoms with E-state index in [-0.39, 0.29) is 28.2 Å². The highest BCUT2D eigenvalue weighted by atomic mass is 35.5. The van der Waals surface area contributed by atoms with E-state index >= 15 is 0 Å². The molecule has 0 fully saturated rings. The molecule has 2 aromatic carbocycles. The first-order chi connectivity index (χ1) is 15.8. The van der Waals surface area contributed by atoms with Gasteiger partial charge in [-0.2, -0.15) is 0 Å². The number of amides is 2. The number of carbonyl (C=O) groups excluding carboxylic acids is 2. The smallest absolute Gasteiger partial charge is 0.244 e. The first-order valence-electron chi connectivity index (χ1n) is 10.3. The van der Waals surface area contributed by atoms with Crippen LogP contribution in [0.3, 0.4) is 0 Å². The Hall–Kier alpha value is -1.71. The molecule has 2 amide bonds. The largest absolute Gasteiger partial charge is 0.354 e. The molecule has 0 aromatic heterocycles. The molecule has 0 aliphatic rings. The topological polar surface area (TPSA) is 86.8 Å². The third-order valence-electron chi connectivity index (χ3n) is 4.93. The Kier molecular flexibility index (Phi) is 10.3. The molecule has 186 valence electrons. The van der Waals surface area contributed by atoms with Gasteiger partial charge in [0.1, 0.15) is 12.6 Å². The maximum absolute atomic E-state index is 13.5. The predicted octanol–water partition coefficient (Wildman–Crippen LogP) is 5.01. The average molecular weight is 569 g/mol. The number of halogens is 4. The van der Waals surface area contributed by atoms with Crippen LogP contribution in [0.5, 0.6) is 0 Å². The highest BCUT2D eigenvalue weighted by Crippen LogP contribution is 2.31. The van der Waals surface area contributed by atoms with E-state index < -0.39 is 28.5 Å². The molecule has 34 heavy (non-hydrogen) atoms. The number of benzene rings is 2. The van der Waals surface area contributed by atoms with Crippen LogP contribution < -0.4 is 9.62 Å². The van der Waals surface area contributed by atoms with Crippen molar-refractivity contribution in [3.8, 4) is 0 Å². The van der Waals surface area contributed by atoms with E-state index in [4.69, 9.17) is 46.4 Å². The van der Waals surface area contributed by atoms with Crippen molar-refractivity contribution in [2.24, 2.45) is 0 Å². The molecule has 0 aliphatic carbocycles. The molecular formula is C22H25Cl4N3O4S. The zero-order valence-electron chi connectivity index (χ0n) is 18.8. The molecule has 0 radical (unpaired) electrons. The van der Waals surface area contributed by atoms with Crippen LogP contribution in [0.15, 0.2) is 36.4 Å². The fourth-order valence-corrected chi connectivity index (χ4v) is 4.84. The Labute approximate surface area is 220 Å². The summed E-state index contributed by atoms with van der Waals surface area (Å²) in [5.41, 5.74) is 0.596. The second kappa shape index (κ2) is 12.3. The molecule has 0 saturated heterocycles. The molecule has 12 heteroatoms. The molecule has 2 aromatic rings. The number of rotatable bonds is 10. The highest BCUT2D eigenvalue weighted by Gasteiger charge is 2.31. The van der Waals surface area contributed by atoms with Crippen LogP contribution in [-0.2, 0) is 26.2 Å². The minimum atomic E-state index is -3.93. The van der Waals surface area contributed by atoms with Crippen molar-refractivity contribution in [3.63, 3.8) is 0 Å². The predicted molar refractivity (Wildman–Crippen MR) is 138 cm³/mol. The summed E-state index contributed by atoms with van der Waals surface area (Å²) in [4.78, 5) is 27.4. The van der Waals surface area contributed by atoms with Crippen molar-refractivity contribution < 1.29 is 18.0 Å². The Morgan fingerprint density at radius 1 is 1.00 bits per heavy atom. The summed E-state index contributed by atoms with van der Waals surface area (Å²) in [6, 6.07) is 8.17. The lowest BCUT2D eigenvalue weighted by atomic mass is 10.1. The van der Waals surface area contributed by atoms with Gasteiger partial charge in [0.15, 0.2) is 0 Å². The quantitative estimate of drug-likeness (QED) is 0.436. The SMILES string of the molecule is CCCNC(=O)[C@H](C)N(Cc1ccc(Cl)cc1Cl)C(=O)CN(c1cc(Cl)ccc1Cl)S(C)(=O)=O. The van der Waals surface area contributed by atoms with Crippen LogP contribution in [-0.4, -0.2) is 50.5 Å². The Morgan fingerprint density at radius 2 is 1.62 bits per heavy atom. The van der Waals surface area contributed by atoms with E-state index in [1.807, 2.05) is 6.92 Å². The van der Waals surface area contributed by atoms with E-state index in [2.05, 4.69) is 5.32 Å². The lowest BCUT2D eigenvalue weighted by Gasteiger charge is -2.32. The van der Waals surface area contributed by atoms with E-state index in [9.17, 15) is 18.0 Å². The standard InChI is InChI=1S/C22H25Cl4N3O4S/c1-4-9-27-22(31)14(2)28(12-15-5-6-16(23)10-19(15)26)21(30)13-29(34(3,32)33)20-11-17(24)7-8-18(20)25/h5-8,10-11,14H,4,9,12-13H2,1-3H3,(H,27,31)/t14-/m0/s1. The van der Waals surface area contributed by atoms with Crippen LogP contribution in [0.2, 0.25) is 20.1 Å². The lowest BCUT2D eigenvalue weighted by Crippen LogP contribution is -2.51. The van der Waals surface area contributed by atoms with Gasteiger partial charge in [0.25, 0.3) is 0 Å². The van der Waals surface area contributed by atoms with Crippen molar-refractivity contribution in [1.29, 1.82) is 0 Å². The van der Waals surface area contributed by atoms with Crippen molar-refractivity contribution in [1.82, 2.24) is 10.2 Å². The van der Waals surface area contributed by atoms with E-state index in [0.717, 1.165) is 10.6 Å². The van der Waals surface area contributed by atoms with Crippen LogP contribution >= 0.6 is 46.4 Å². The van der Waals surface area contributed by atoms with Crippen molar-refractivity contribution >= 4 is 73.9 Å². The Bertz CT molecular complexity index is 1160. The third kappa shape index (κ3) is 7.65. The van der Waals surface area contributed by atoms with Gasteiger partial charge in [0, 0.05) is 28.2 Å². The van der Waals surface area contributed by atoms with Crippen molar-refractivity contribution in [2.75, 3.05) is 23.7 Å². The maximum Gasteiger partial charge on any atom is 0.244 e. The van der Waals surface area contributed by atoms with Crippen LogP contribution in [0.4, 0.5) is 5.69 Å².